The van der Waals surface area contributed by atoms with Crippen LogP contribution in [-0.2, 0) is 11.9 Å². The Morgan fingerprint density at radius 1 is 1.73 bits per heavy atom. The van der Waals surface area contributed by atoms with Gasteiger partial charge < -0.3 is 0 Å². The third kappa shape index (κ3) is 1.08. The van der Waals surface area contributed by atoms with Crippen molar-refractivity contribution >= 4 is 7.85 Å². The quantitative estimate of drug-likeness (QED) is 0.570. The molecule has 2 radical (unpaired) electrons. The summed E-state index contributed by atoms with van der Waals surface area (Å²) in [6, 6.07) is 0. The molecule has 11 heavy (non-hydrogen) atoms. The van der Waals surface area contributed by atoms with E-state index in [1.807, 2.05) is 17.1 Å². The molecule has 0 saturated heterocycles. The average molecular weight is 146 g/mol. The molecule has 1 aliphatic carbocycles. The molecule has 0 aromatic carbocycles. The Kier molecular flexibility index (Phi) is 1.35. The molecule has 0 amide bonds. The highest BCUT2D eigenvalue weighted by atomic mass is 15.3. The van der Waals surface area contributed by atoms with E-state index in [1.165, 1.54) is 5.56 Å². The van der Waals surface area contributed by atoms with Crippen LogP contribution >= 0.6 is 0 Å². The Bertz CT molecular complexity index is 263. The lowest BCUT2D eigenvalue weighted by atomic mass is 9.94. The van der Waals surface area contributed by atoms with Gasteiger partial charge in [-0.3, -0.25) is 4.68 Å². The summed E-state index contributed by atoms with van der Waals surface area (Å²) in [4.78, 5) is 0. The van der Waals surface area contributed by atoms with E-state index in [9.17, 15) is 0 Å². The zero-order valence-corrected chi connectivity index (χ0v) is 6.75. The number of hydrogen-bond donors (Lipinski definition) is 0. The van der Waals surface area contributed by atoms with Crippen LogP contribution in [0.5, 0.6) is 0 Å². The van der Waals surface area contributed by atoms with Gasteiger partial charge in [-0.15, -0.1) is 0 Å². The Hall–Kier alpha value is -0.725. The van der Waals surface area contributed by atoms with Crippen LogP contribution in [-0.4, -0.2) is 17.6 Å². The Morgan fingerprint density at radius 2 is 2.45 bits per heavy atom. The second-order valence-corrected chi connectivity index (χ2v) is 3.25. The molecule has 0 atom stereocenters. The van der Waals surface area contributed by atoms with Crippen molar-refractivity contribution < 1.29 is 0 Å². The number of nitrogens with zero attached hydrogens (tertiary/aromatic N) is 2. The van der Waals surface area contributed by atoms with Gasteiger partial charge in [0.25, 0.3) is 0 Å². The summed E-state index contributed by atoms with van der Waals surface area (Å²) >= 11 is 0. The van der Waals surface area contributed by atoms with Crippen molar-refractivity contribution in [2.24, 2.45) is 0 Å². The first-order valence-corrected chi connectivity index (χ1v) is 4.07. The first kappa shape index (κ1) is 6.95. The molecule has 0 N–H and O–H groups in total. The van der Waals surface area contributed by atoms with Crippen molar-refractivity contribution in [3.8, 4) is 0 Å². The smallest absolute Gasteiger partial charge is 0.107 e. The molecule has 0 bridgehead atoms. The second kappa shape index (κ2) is 2.13. The predicted octanol–water partition coefficient (Wildman–Crippen LogP) is 1.06. The third-order valence-corrected chi connectivity index (χ3v) is 2.26. The maximum absolute atomic E-state index is 5.94. The summed E-state index contributed by atoms with van der Waals surface area (Å²) in [5.41, 5.74) is 1.13. The summed E-state index contributed by atoms with van der Waals surface area (Å²) in [7, 11) is 5.94. The van der Waals surface area contributed by atoms with Crippen molar-refractivity contribution in [1.29, 1.82) is 0 Å². The van der Waals surface area contributed by atoms with Gasteiger partial charge in [-0.25, -0.2) is 0 Å². The van der Waals surface area contributed by atoms with E-state index in [0.29, 0.717) is 0 Å². The lowest BCUT2D eigenvalue weighted by Crippen LogP contribution is -2.16. The molecular weight excluding hydrogens is 135 g/mol. The van der Waals surface area contributed by atoms with Gasteiger partial charge in [-0.05, 0) is 24.8 Å². The van der Waals surface area contributed by atoms with Crippen molar-refractivity contribution in [3.05, 3.63) is 18.0 Å². The van der Waals surface area contributed by atoms with Crippen LogP contribution in [0.15, 0.2) is 12.4 Å². The lowest BCUT2D eigenvalue weighted by molar-refractivity contribution is 0.581. The van der Waals surface area contributed by atoms with Crippen LogP contribution in [0.1, 0.15) is 25.3 Å². The summed E-state index contributed by atoms with van der Waals surface area (Å²) in [6.45, 7) is 2.12. The van der Waals surface area contributed by atoms with Crippen LogP contribution in [0.25, 0.3) is 0 Å². The highest BCUT2D eigenvalue weighted by Crippen LogP contribution is 2.39. The van der Waals surface area contributed by atoms with Crippen LogP contribution in [0, 0.1) is 0 Å². The molecule has 1 saturated carbocycles. The minimum Gasteiger partial charge on any atom is -0.276 e. The van der Waals surface area contributed by atoms with E-state index < -0.39 is 0 Å². The van der Waals surface area contributed by atoms with E-state index in [0.717, 1.165) is 19.3 Å². The van der Waals surface area contributed by atoms with Crippen molar-refractivity contribution in [1.82, 2.24) is 9.78 Å². The van der Waals surface area contributed by atoms with Crippen LogP contribution in [0.4, 0.5) is 0 Å². The molecule has 1 aliphatic rings. The third-order valence-electron chi connectivity index (χ3n) is 2.26. The van der Waals surface area contributed by atoms with Gasteiger partial charge in [0.2, 0.25) is 0 Å². The van der Waals surface area contributed by atoms with Crippen LogP contribution in [0.3, 0.4) is 0 Å². The van der Waals surface area contributed by atoms with Crippen molar-refractivity contribution in [2.45, 2.75) is 31.6 Å². The molecule has 2 rings (SSSR count). The normalized spacial score (nSPS) is 20.1. The average Bonchev–Trinajstić information content (AvgIpc) is 2.61. The monoisotopic (exact) mass is 146 g/mol. The lowest BCUT2D eigenvalue weighted by Gasteiger charge is -2.07. The predicted molar refractivity (Wildman–Crippen MR) is 44.6 cm³/mol. The Morgan fingerprint density at radius 3 is 2.91 bits per heavy atom. The first-order valence-electron chi connectivity index (χ1n) is 4.07. The van der Waals surface area contributed by atoms with E-state index in [-0.39, 0.29) is 5.44 Å². The van der Waals surface area contributed by atoms with E-state index in [2.05, 4.69) is 12.0 Å². The number of aromatic nitrogens is 2. The van der Waals surface area contributed by atoms with E-state index in [4.69, 9.17) is 7.85 Å². The van der Waals surface area contributed by atoms with Gasteiger partial charge in [-0.1, -0.05) is 6.92 Å². The minimum atomic E-state index is -0.132. The van der Waals surface area contributed by atoms with Crippen LogP contribution < -0.4 is 0 Å². The molecule has 1 aromatic rings. The topological polar surface area (TPSA) is 17.8 Å². The highest BCUT2D eigenvalue weighted by molar-refractivity contribution is 6.15. The molecule has 0 aliphatic heterocycles. The summed E-state index contributed by atoms with van der Waals surface area (Å²) in [5.74, 6) is 0. The van der Waals surface area contributed by atoms with Crippen molar-refractivity contribution in [2.75, 3.05) is 0 Å². The molecule has 0 unspecified atom stereocenters. The Labute approximate surface area is 68.0 Å². The van der Waals surface area contributed by atoms with E-state index >= 15 is 0 Å². The second-order valence-electron chi connectivity index (χ2n) is 3.25. The minimum absolute atomic E-state index is 0.132. The van der Waals surface area contributed by atoms with Crippen LogP contribution in [0.2, 0.25) is 0 Å². The fourth-order valence-electron chi connectivity index (χ4n) is 1.14. The summed E-state index contributed by atoms with van der Waals surface area (Å²) in [5, 5.41) is 4.21. The van der Waals surface area contributed by atoms with Gasteiger partial charge in [0.1, 0.15) is 7.85 Å². The highest BCUT2D eigenvalue weighted by Gasteiger charge is 2.39. The number of aryl methyl sites for hydroxylation is 1. The van der Waals surface area contributed by atoms with E-state index in [1.54, 1.807) is 0 Å². The fourth-order valence-corrected chi connectivity index (χ4v) is 1.14. The number of hydrogen-bond acceptors (Lipinski definition) is 1. The standard InChI is InChI=1S/C8H11BN2/c1-2-7-5-10-11(6-7)8(9)3-4-8/h5-6H,2-4H2,1H3. The zero-order chi connectivity index (χ0) is 7.90. The maximum atomic E-state index is 5.94. The molecule has 0 spiro atoms. The molecule has 1 aromatic heterocycles. The van der Waals surface area contributed by atoms with Gasteiger partial charge in [0, 0.05) is 11.6 Å². The molecule has 1 fully saturated rings. The maximum Gasteiger partial charge on any atom is 0.107 e. The van der Waals surface area contributed by atoms with Gasteiger partial charge in [-0.2, -0.15) is 5.10 Å². The SMILES string of the molecule is [B]C1(n2cc(CC)cn2)CC1. The fraction of sp³-hybridized carbons (Fsp3) is 0.625. The molecular formula is C8H11BN2. The van der Waals surface area contributed by atoms with Crippen molar-refractivity contribution in [3.63, 3.8) is 0 Å². The van der Waals surface area contributed by atoms with Gasteiger partial charge in [0.15, 0.2) is 0 Å². The molecule has 2 nitrogen and oxygen atoms in total. The molecule has 3 heteroatoms. The Balaban J connectivity index is 2.25. The number of rotatable bonds is 2. The summed E-state index contributed by atoms with van der Waals surface area (Å²) in [6.07, 6.45) is 7.12. The zero-order valence-electron chi connectivity index (χ0n) is 6.75. The molecule has 1 heterocycles. The first-order chi connectivity index (χ1) is 5.24. The van der Waals surface area contributed by atoms with Gasteiger partial charge in [0.05, 0.1) is 6.20 Å². The van der Waals surface area contributed by atoms with Gasteiger partial charge >= 0.3 is 0 Å². The molecule has 56 valence electrons. The summed E-state index contributed by atoms with van der Waals surface area (Å²) < 4.78 is 1.89. The largest absolute Gasteiger partial charge is 0.276 e.